The number of primary amides is 1. The first-order valence-corrected chi connectivity index (χ1v) is 9.68. The van der Waals surface area contributed by atoms with Gasteiger partial charge in [0.05, 0.1) is 0 Å². The van der Waals surface area contributed by atoms with E-state index < -0.39 is 5.91 Å². The van der Waals surface area contributed by atoms with Gasteiger partial charge in [-0.15, -0.1) is 11.6 Å². The van der Waals surface area contributed by atoms with E-state index in [4.69, 9.17) is 17.3 Å². The molecule has 0 heterocycles. The number of nitrogens with one attached hydrogen (secondary N) is 1. The number of hydrogen-bond acceptors (Lipinski definition) is 4. The molecular weight excluding hydrogens is 376 g/mol. The number of rotatable bonds is 9. The van der Waals surface area contributed by atoms with Crippen LogP contribution in [0.25, 0.3) is 0 Å². The van der Waals surface area contributed by atoms with Gasteiger partial charge in [-0.2, -0.15) is 0 Å². The molecule has 0 bridgehead atoms. The normalized spacial score (nSPS) is 10.8. The van der Waals surface area contributed by atoms with Crippen molar-refractivity contribution < 1.29 is 9.59 Å². The Kier molecular flexibility index (Phi) is 7.84. The molecule has 3 N–H and O–H groups in total. The van der Waals surface area contributed by atoms with Crippen LogP contribution in [0.1, 0.15) is 33.2 Å². The van der Waals surface area contributed by atoms with Crippen LogP contribution < -0.4 is 16.0 Å². The number of benzene rings is 2. The summed E-state index contributed by atoms with van der Waals surface area (Å²) in [5, 5.41) is 2.95. The van der Waals surface area contributed by atoms with Crippen LogP contribution >= 0.6 is 11.6 Å². The Hall–Kier alpha value is -2.57. The number of carbonyl (C=O) groups excluding carboxylic acids is 2. The molecule has 0 atom stereocenters. The van der Waals surface area contributed by atoms with Gasteiger partial charge in [0.1, 0.15) is 0 Å². The van der Waals surface area contributed by atoms with Crippen LogP contribution in [0.5, 0.6) is 0 Å². The smallest absolute Gasteiger partial charge is 0.255 e. The van der Waals surface area contributed by atoms with Gasteiger partial charge in [-0.05, 0) is 69.0 Å². The van der Waals surface area contributed by atoms with Gasteiger partial charge in [-0.3, -0.25) is 9.59 Å². The molecule has 0 aliphatic rings. The fraction of sp³-hybridized carbons (Fsp3) is 0.333. The fourth-order valence-corrected chi connectivity index (χ4v) is 3.15. The van der Waals surface area contributed by atoms with Crippen molar-refractivity contribution in [3.8, 4) is 0 Å². The molecule has 7 heteroatoms. The Balaban J connectivity index is 2.29. The molecule has 2 amide bonds. The quantitative estimate of drug-likeness (QED) is 0.631. The number of alkyl halides is 1. The van der Waals surface area contributed by atoms with Crippen molar-refractivity contribution in [2.24, 2.45) is 5.73 Å². The second-order valence-electron chi connectivity index (χ2n) is 6.79. The Bertz CT molecular complexity index is 822. The van der Waals surface area contributed by atoms with E-state index in [2.05, 4.69) is 28.1 Å². The largest absolute Gasteiger partial charge is 0.371 e. The lowest BCUT2D eigenvalue weighted by Gasteiger charge is -2.24. The highest BCUT2D eigenvalue weighted by Crippen LogP contribution is 2.24. The number of anilines is 2. The molecule has 0 aliphatic heterocycles. The monoisotopic (exact) mass is 402 g/mol. The molecule has 28 heavy (non-hydrogen) atoms. The van der Waals surface area contributed by atoms with Crippen LogP contribution in [0.3, 0.4) is 0 Å². The SMILES string of the molecule is CCN(CCCl)c1cc(CN(C)C)cc(NC(=O)c2ccc(C(N)=O)cc2)c1. The summed E-state index contributed by atoms with van der Waals surface area (Å²) in [6, 6.07) is 12.3. The maximum absolute atomic E-state index is 12.6. The summed E-state index contributed by atoms with van der Waals surface area (Å²) in [6.45, 7) is 4.37. The second-order valence-corrected chi connectivity index (χ2v) is 7.17. The Morgan fingerprint density at radius 1 is 1.07 bits per heavy atom. The lowest BCUT2D eigenvalue weighted by atomic mass is 10.1. The molecule has 2 aromatic carbocycles. The lowest BCUT2D eigenvalue weighted by Crippen LogP contribution is -2.25. The van der Waals surface area contributed by atoms with E-state index in [-0.39, 0.29) is 5.91 Å². The summed E-state index contributed by atoms with van der Waals surface area (Å²) in [5.41, 5.74) is 8.89. The summed E-state index contributed by atoms with van der Waals surface area (Å²) in [7, 11) is 4.00. The average Bonchev–Trinajstić information content (AvgIpc) is 2.65. The maximum atomic E-state index is 12.6. The topological polar surface area (TPSA) is 78.7 Å². The minimum absolute atomic E-state index is 0.246. The summed E-state index contributed by atoms with van der Waals surface area (Å²) >= 11 is 5.94. The van der Waals surface area contributed by atoms with E-state index in [1.807, 2.05) is 26.2 Å². The molecular formula is C21H27ClN4O2. The second kappa shape index (κ2) is 10.1. The van der Waals surface area contributed by atoms with E-state index in [9.17, 15) is 9.59 Å². The fourth-order valence-electron chi connectivity index (χ4n) is 2.95. The summed E-state index contributed by atoms with van der Waals surface area (Å²) in [5.74, 6) is -0.240. The number of nitrogens with zero attached hydrogens (tertiary/aromatic N) is 2. The maximum Gasteiger partial charge on any atom is 0.255 e. The highest BCUT2D eigenvalue weighted by atomic mass is 35.5. The van der Waals surface area contributed by atoms with E-state index in [0.717, 1.165) is 30.9 Å². The molecule has 2 aromatic rings. The first-order valence-electron chi connectivity index (χ1n) is 9.14. The van der Waals surface area contributed by atoms with Crippen LogP contribution in [0.4, 0.5) is 11.4 Å². The van der Waals surface area contributed by atoms with Crippen molar-refractivity contribution in [2.75, 3.05) is 43.3 Å². The standard InChI is InChI=1S/C21H27ClN4O2/c1-4-26(10-9-22)19-12-15(14-25(2)3)11-18(13-19)24-21(28)17-7-5-16(6-8-17)20(23)27/h5-8,11-13H,4,9-10,14H2,1-3H3,(H2,23,27)(H,24,28). The molecule has 150 valence electrons. The van der Waals surface area contributed by atoms with Crippen LogP contribution in [-0.2, 0) is 6.54 Å². The highest BCUT2D eigenvalue weighted by molar-refractivity contribution is 6.18. The van der Waals surface area contributed by atoms with Gasteiger partial charge < -0.3 is 20.9 Å². The molecule has 6 nitrogen and oxygen atoms in total. The van der Waals surface area contributed by atoms with Crippen LogP contribution in [-0.4, -0.2) is 49.8 Å². The third-order valence-corrected chi connectivity index (χ3v) is 4.44. The predicted octanol–water partition coefficient (Wildman–Crippen LogP) is 3.16. The molecule has 2 rings (SSSR count). The van der Waals surface area contributed by atoms with Gasteiger partial charge in [0.2, 0.25) is 5.91 Å². The van der Waals surface area contributed by atoms with Crippen molar-refractivity contribution in [3.05, 3.63) is 59.2 Å². The van der Waals surface area contributed by atoms with E-state index in [1.165, 1.54) is 0 Å². The van der Waals surface area contributed by atoms with Gasteiger partial charge in [-0.25, -0.2) is 0 Å². The zero-order valence-electron chi connectivity index (χ0n) is 16.5. The van der Waals surface area contributed by atoms with Gasteiger partial charge in [0.25, 0.3) is 5.91 Å². The van der Waals surface area contributed by atoms with Crippen molar-refractivity contribution >= 4 is 34.8 Å². The van der Waals surface area contributed by atoms with Crippen molar-refractivity contribution in [1.82, 2.24) is 4.90 Å². The summed E-state index contributed by atoms with van der Waals surface area (Å²) < 4.78 is 0. The Morgan fingerprint density at radius 2 is 1.71 bits per heavy atom. The van der Waals surface area contributed by atoms with E-state index >= 15 is 0 Å². The third kappa shape index (κ3) is 5.97. The van der Waals surface area contributed by atoms with Gasteiger partial charge >= 0.3 is 0 Å². The molecule has 0 fully saturated rings. The van der Waals surface area contributed by atoms with Crippen LogP contribution in [0, 0.1) is 0 Å². The van der Waals surface area contributed by atoms with E-state index in [1.54, 1.807) is 24.3 Å². The van der Waals surface area contributed by atoms with Crippen molar-refractivity contribution in [2.45, 2.75) is 13.5 Å². The Labute approximate surface area is 171 Å². The van der Waals surface area contributed by atoms with Gasteiger partial charge in [0, 0.05) is 48.0 Å². The zero-order valence-corrected chi connectivity index (χ0v) is 17.3. The number of halogens is 1. The molecule has 0 aliphatic carbocycles. The lowest BCUT2D eigenvalue weighted by molar-refractivity contribution is 0.0995. The molecule has 0 aromatic heterocycles. The van der Waals surface area contributed by atoms with Gasteiger partial charge in [-0.1, -0.05) is 0 Å². The first-order chi connectivity index (χ1) is 13.3. The first kappa shape index (κ1) is 21.7. The molecule has 0 spiro atoms. The van der Waals surface area contributed by atoms with Crippen molar-refractivity contribution in [1.29, 1.82) is 0 Å². The minimum atomic E-state index is -0.521. The zero-order chi connectivity index (χ0) is 20.7. The molecule has 0 unspecified atom stereocenters. The predicted molar refractivity (Wildman–Crippen MR) is 115 cm³/mol. The molecule has 0 saturated heterocycles. The highest BCUT2D eigenvalue weighted by Gasteiger charge is 2.12. The minimum Gasteiger partial charge on any atom is -0.371 e. The number of carbonyl (C=O) groups is 2. The third-order valence-electron chi connectivity index (χ3n) is 4.27. The Morgan fingerprint density at radius 3 is 2.25 bits per heavy atom. The van der Waals surface area contributed by atoms with Crippen LogP contribution in [0.15, 0.2) is 42.5 Å². The van der Waals surface area contributed by atoms with Crippen LogP contribution in [0.2, 0.25) is 0 Å². The summed E-state index contributed by atoms with van der Waals surface area (Å²) in [4.78, 5) is 28.1. The number of hydrogen-bond donors (Lipinski definition) is 2. The molecule has 0 saturated carbocycles. The van der Waals surface area contributed by atoms with E-state index in [0.29, 0.717) is 22.7 Å². The number of amides is 2. The van der Waals surface area contributed by atoms with Crippen molar-refractivity contribution in [3.63, 3.8) is 0 Å². The average molecular weight is 403 g/mol. The number of nitrogens with two attached hydrogens (primary N) is 1. The molecule has 0 radical (unpaired) electrons. The summed E-state index contributed by atoms with van der Waals surface area (Å²) in [6.07, 6.45) is 0. The van der Waals surface area contributed by atoms with Gasteiger partial charge in [0.15, 0.2) is 0 Å².